The minimum Gasteiger partial charge on any atom is -0.334 e. The van der Waals surface area contributed by atoms with Gasteiger partial charge in [0.2, 0.25) is 0 Å². The van der Waals surface area contributed by atoms with Gasteiger partial charge in [-0.25, -0.2) is 4.79 Å². The topological polar surface area (TPSA) is 49.4 Å². The highest BCUT2D eigenvalue weighted by atomic mass is 32.2. The number of hydrogen-bond donors (Lipinski definition) is 1. The number of hydrogen-bond acceptors (Lipinski definition) is 2. The summed E-state index contributed by atoms with van der Waals surface area (Å²) in [4.78, 5) is 14.5. The predicted octanol–water partition coefficient (Wildman–Crippen LogP) is 2.83. The highest BCUT2D eigenvalue weighted by Crippen LogP contribution is 2.24. The second kappa shape index (κ2) is 7.47. The number of urea groups is 1. The molecular formula is C18H26N2O2S. The summed E-state index contributed by atoms with van der Waals surface area (Å²) in [5.74, 6) is 0.675. The van der Waals surface area contributed by atoms with Crippen LogP contribution in [0.15, 0.2) is 24.3 Å². The highest BCUT2D eigenvalue weighted by molar-refractivity contribution is 7.85. The molecule has 0 bridgehead atoms. The Hall–Kier alpha value is -1.36. The summed E-state index contributed by atoms with van der Waals surface area (Å²) >= 11 is 0. The van der Waals surface area contributed by atoms with E-state index in [0.29, 0.717) is 12.3 Å². The molecule has 1 fully saturated rings. The lowest BCUT2D eigenvalue weighted by Gasteiger charge is -2.35. The third-order valence-electron chi connectivity index (χ3n) is 5.05. The summed E-state index contributed by atoms with van der Waals surface area (Å²) in [7, 11) is -0.834. The minimum absolute atomic E-state index is 0.00417. The van der Waals surface area contributed by atoms with Gasteiger partial charge in [0.25, 0.3) is 0 Å². The van der Waals surface area contributed by atoms with Gasteiger partial charge in [-0.15, -0.1) is 0 Å². The van der Waals surface area contributed by atoms with Gasteiger partial charge in [-0.05, 0) is 30.4 Å². The number of fused-ring (bicyclic) bond motifs is 1. The Morgan fingerprint density at radius 2 is 2.00 bits per heavy atom. The van der Waals surface area contributed by atoms with Gasteiger partial charge >= 0.3 is 6.03 Å². The molecule has 3 rings (SSSR count). The maximum absolute atomic E-state index is 12.6. The maximum Gasteiger partial charge on any atom is 0.317 e. The Bertz CT molecular complexity index is 590. The second-order valence-corrected chi connectivity index (χ2v) is 8.43. The SMILES string of the molecule is CC[S@@](=O)[C@@H]1CCCC[C@@H]1NC(=O)N1CCc2ccccc2C1. The molecule has 1 aliphatic heterocycles. The molecule has 1 heterocycles. The fourth-order valence-electron chi connectivity index (χ4n) is 3.71. The van der Waals surface area contributed by atoms with Crippen LogP contribution in [0.2, 0.25) is 0 Å². The molecule has 1 aromatic carbocycles. The van der Waals surface area contributed by atoms with Crippen LogP contribution in [0.5, 0.6) is 0 Å². The minimum atomic E-state index is -0.834. The Balaban J connectivity index is 1.63. The van der Waals surface area contributed by atoms with Crippen LogP contribution in [0.25, 0.3) is 0 Å². The van der Waals surface area contributed by atoms with E-state index in [0.717, 1.165) is 38.6 Å². The monoisotopic (exact) mass is 334 g/mol. The molecule has 0 unspecified atom stereocenters. The zero-order valence-electron chi connectivity index (χ0n) is 13.8. The molecule has 2 amide bonds. The molecule has 1 aliphatic carbocycles. The first kappa shape index (κ1) is 16.5. The summed E-state index contributed by atoms with van der Waals surface area (Å²) in [5.41, 5.74) is 2.59. The van der Waals surface area contributed by atoms with E-state index >= 15 is 0 Å². The van der Waals surface area contributed by atoms with E-state index < -0.39 is 10.8 Å². The number of rotatable bonds is 3. The first-order chi connectivity index (χ1) is 11.2. The third-order valence-corrected chi connectivity index (χ3v) is 6.86. The van der Waals surface area contributed by atoms with Crippen molar-refractivity contribution in [3.63, 3.8) is 0 Å². The van der Waals surface area contributed by atoms with Crippen molar-refractivity contribution in [2.75, 3.05) is 12.3 Å². The molecule has 2 aliphatic rings. The Labute approximate surface area is 141 Å². The molecule has 1 saturated carbocycles. The van der Waals surface area contributed by atoms with Crippen LogP contribution < -0.4 is 5.32 Å². The smallest absolute Gasteiger partial charge is 0.317 e. The molecule has 0 aromatic heterocycles. The van der Waals surface area contributed by atoms with Gasteiger partial charge in [-0.3, -0.25) is 4.21 Å². The normalized spacial score (nSPS) is 25.5. The number of carbonyl (C=O) groups excluding carboxylic acids is 1. The molecule has 0 radical (unpaired) electrons. The fourth-order valence-corrected chi connectivity index (χ4v) is 5.14. The van der Waals surface area contributed by atoms with Crippen molar-refractivity contribution < 1.29 is 9.00 Å². The van der Waals surface area contributed by atoms with Gasteiger partial charge in [0.15, 0.2) is 0 Å². The molecule has 0 spiro atoms. The molecule has 126 valence electrons. The largest absolute Gasteiger partial charge is 0.334 e. The first-order valence-electron chi connectivity index (χ1n) is 8.68. The van der Waals surface area contributed by atoms with Crippen LogP contribution in [0.1, 0.15) is 43.7 Å². The van der Waals surface area contributed by atoms with E-state index in [9.17, 15) is 9.00 Å². The quantitative estimate of drug-likeness (QED) is 0.924. The lowest BCUT2D eigenvalue weighted by molar-refractivity contribution is 0.185. The Morgan fingerprint density at radius 1 is 1.26 bits per heavy atom. The van der Waals surface area contributed by atoms with Crippen LogP contribution in [0.3, 0.4) is 0 Å². The van der Waals surface area contributed by atoms with Crippen molar-refractivity contribution >= 4 is 16.8 Å². The first-order valence-corrected chi connectivity index (χ1v) is 10.1. The summed E-state index contributed by atoms with van der Waals surface area (Å²) in [6, 6.07) is 8.40. The predicted molar refractivity (Wildman–Crippen MR) is 93.8 cm³/mol. The summed E-state index contributed by atoms with van der Waals surface area (Å²) in [6.07, 6.45) is 5.07. The van der Waals surface area contributed by atoms with Crippen LogP contribution >= 0.6 is 0 Å². The molecule has 1 aromatic rings. The maximum atomic E-state index is 12.6. The van der Waals surface area contributed by atoms with Crippen molar-refractivity contribution in [3.05, 3.63) is 35.4 Å². The third kappa shape index (κ3) is 3.77. The average molecular weight is 334 g/mol. The average Bonchev–Trinajstić information content (AvgIpc) is 2.61. The fraction of sp³-hybridized carbons (Fsp3) is 0.611. The lowest BCUT2D eigenvalue weighted by Crippen LogP contribution is -2.52. The van der Waals surface area contributed by atoms with Crippen molar-refractivity contribution in [2.24, 2.45) is 0 Å². The van der Waals surface area contributed by atoms with Crippen molar-refractivity contribution in [2.45, 2.75) is 56.9 Å². The second-order valence-electron chi connectivity index (χ2n) is 6.49. The van der Waals surface area contributed by atoms with Gasteiger partial charge in [-0.2, -0.15) is 0 Å². The zero-order valence-corrected chi connectivity index (χ0v) is 14.6. The van der Waals surface area contributed by atoms with E-state index in [2.05, 4.69) is 23.5 Å². The van der Waals surface area contributed by atoms with E-state index in [4.69, 9.17) is 0 Å². The van der Waals surface area contributed by atoms with Crippen molar-refractivity contribution in [3.8, 4) is 0 Å². The van der Waals surface area contributed by atoms with Crippen molar-refractivity contribution in [1.82, 2.24) is 10.2 Å². The van der Waals surface area contributed by atoms with Crippen LogP contribution in [0, 0.1) is 0 Å². The van der Waals surface area contributed by atoms with Gasteiger partial charge in [-0.1, -0.05) is 44.0 Å². The molecule has 3 atom stereocenters. The molecule has 1 N–H and O–H groups in total. The zero-order chi connectivity index (χ0) is 16.2. The van der Waals surface area contributed by atoms with E-state index in [-0.39, 0.29) is 17.3 Å². The number of benzene rings is 1. The molecule has 23 heavy (non-hydrogen) atoms. The van der Waals surface area contributed by atoms with Gasteiger partial charge < -0.3 is 10.2 Å². The molecule has 5 heteroatoms. The number of amides is 2. The van der Waals surface area contributed by atoms with Gasteiger partial charge in [0.1, 0.15) is 0 Å². The van der Waals surface area contributed by atoms with E-state index in [1.165, 1.54) is 11.1 Å². The summed E-state index contributed by atoms with van der Waals surface area (Å²) in [5, 5.41) is 3.30. The number of nitrogens with one attached hydrogen (secondary N) is 1. The summed E-state index contributed by atoms with van der Waals surface area (Å²) < 4.78 is 12.2. The highest BCUT2D eigenvalue weighted by Gasteiger charge is 2.31. The number of carbonyl (C=O) groups is 1. The lowest BCUT2D eigenvalue weighted by atomic mass is 9.95. The van der Waals surface area contributed by atoms with E-state index in [1.54, 1.807) is 0 Å². The molecule has 0 saturated heterocycles. The van der Waals surface area contributed by atoms with Gasteiger partial charge in [0.05, 0.1) is 5.25 Å². The Morgan fingerprint density at radius 3 is 2.78 bits per heavy atom. The van der Waals surface area contributed by atoms with Gasteiger partial charge in [0, 0.05) is 35.7 Å². The Kier molecular flexibility index (Phi) is 5.36. The number of nitrogens with zero attached hydrogens (tertiary/aromatic N) is 1. The van der Waals surface area contributed by atoms with E-state index in [1.807, 2.05) is 17.9 Å². The van der Waals surface area contributed by atoms with Crippen molar-refractivity contribution in [1.29, 1.82) is 0 Å². The standard InChI is InChI=1S/C18H26N2O2S/c1-2-23(22)17-10-6-5-9-16(17)19-18(21)20-12-11-14-7-3-4-8-15(14)13-20/h3-4,7-8,16-17H,2,5-6,9-13H2,1H3,(H,19,21)/t16-,17+,23+/m0/s1. The van der Waals surface area contributed by atoms with Crippen LogP contribution in [0.4, 0.5) is 4.79 Å². The molecular weight excluding hydrogens is 308 g/mol. The molecule has 4 nitrogen and oxygen atoms in total. The van der Waals surface area contributed by atoms with Crippen LogP contribution in [-0.4, -0.2) is 38.7 Å². The summed E-state index contributed by atoms with van der Waals surface area (Å²) in [6.45, 7) is 3.40. The van der Waals surface area contributed by atoms with Crippen LogP contribution in [-0.2, 0) is 23.8 Å².